The molecular formula is C13H16N4OS. The van der Waals surface area contributed by atoms with Gasteiger partial charge in [-0.05, 0) is 18.6 Å². The monoisotopic (exact) mass is 276 g/mol. The SMILES string of the molecule is COCc1nc(NN)cc(Sc2ccccc2C)n1. The lowest BCUT2D eigenvalue weighted by atomic mass is 10.2. The minimum atomic E-state index is 0.358. The van der Waals surface area contributed by atoms with Crippen molar-refractivity contribution in [3.63, 3.8) is 0 Å². The summed E-state index contributed by atoms with van der Waals surface area (Å²) in [7, 11) is 1.61. The molecule has 0 aliphatic carbocycles. The molecule has 0 unspecified atom stereocenters. The number of benzene rings is 1. The number of hydrazine groups is 1. The number of rotatable bonds is 5. The second-order valence-electron chi connectivity index (χ2n) is 3.95. The highest BCUT2D eigenvalue weighted by atomic mass is 32.2. The summed E-state index contributed by atoms with van der Waals surface area (Å²) in [6, 6.07) is 9.98. The Labute approximate surface area is 116 Å². The van der Waals surface area contributed by atoms with Crippen LogP contribution >= 0.6 is 11.8 Å². The van der Waals surface area contributed by atoms with Gasteiger partial charge in [0.15, 0.2) is 5.82 Å². The molecule has 1 aromatic carbocycles. The minimum absolute atomic E-state index is 0.358. The van der Waals surface area contributed by atoms with Crippen molar-refractivity contribution in [2.24, 2.45) is 5.84 Å². The maximum absolute atomic E-state index is 5.42. The first kappa shape index (κ1) is 13.8. The summed E-state index contributed by atoms with van der Waals surface area (Å²) in [5.74, 6) is 6.60. The van der Waals surface area contributed by atoms with Gasteiger partial charge in [0.05, 0.1) is 0 Å². The summed E-state index contributed by atoms with van der Waals surface area (Å²) < 4.78 is 5.05. The van der Waals surface area contributed by atoms with E-state index in [1.807, 2.05) is 18.2 Å². The Hall–Kier alpha value is -1.63. The van der Waals surface area contributed by atoms with Crippen molar-refractivity contribution in [1.82, 2.24) is 9.97 Å². The highest BCUT2D eigenvalue weighted by molar-refractivity contribution is 7.99. The number of nitrogens with two attached hydrogens (primary N) is 1. The van der Waals surface area contributed by atoms with Gasteiger partial charge in [-0.25, -0.2) is 15.8 Å². The Morgan fingerprint density at radius 3 is 2.79 bits per heavy atom. The first-order valence-corrected chi connectivity index (χ1v) is 6.61. The normalized spacial score (nSPS) is 10.5. The topological polar surface area (TPSA) is 73.1 Å². The van der Waals surface area contributed by atoms with E-state index in [9.17, 15) is 0 Å². The fourth-order valence-electron chi connectivity index (χ4n) is 1.58. The van der Waals surface area contributed by atoms with Crippen LogP contribution in [0.1, 0.15) is 11.4 Å². The van der Waals surface area contributed by atoms with Crippen LogP contribution in [0.2, 0.25) is 0 Å². The molecule has 0 aliphatic rings. The first-order valence-electron chi connectivity index (χ1n) is 5.80. The first-order chi connectivity index (χ1) is 9.22. The number of anilines is 1. The highest BCUT2D eigenvalue weighted by Gasteiger charge is 2.07. The van der Waals surface area contributed by atoms with Crippen LogP contribution in [0.25, 0.3) is 0 Å². The molecule has 1 aromatic heterocycles. The number of aromatic nitrogens is 2. The molecule has 0 spiro atoms. The Morgan fingerprint density at radius 2 is 2.11 bits per heavy atom. The van der Waals surface area contributed by atoms with Crippen molar-refractivity contribution >= 4 is 17.6 Å². The number of nitrogen functional groups attached to an aromatic ring is 1. The van der Waals surface area contributed by atoms with E-state index >= 15 is 0 Å². The van der Waals surface area contributed by atoms with Gasteiger partial charge in [0.1, 0.15) is 17.5 Å². The van der Waals surface area contributed by atoms with Gasteiger partial charge in [0.2, 0.25) is 0 Å². The van der Waals surface area contributed by atoms with Crippen molar-refractivity contribution < 1.29 is 4.74 Å². The number of hydrogen-bond donors (Lipinski definition) is 2. The molecule has 0 aliphatic heterocycles. The third-order valence-corrected chi connectivity index (χ3v) is 3.57. The fourth-order valence-corrected chi connectivity index (χ4v) is 2.50. The molecule has 0 fully saturated rings. The van der Waals surface area contributed by atoms with Crippen molar-refractivity contribution in [2.45, 2.75) is 23.5 Å². The maximum atomic E-state index is 5.42. The zero-order chi connectivity index (χ0) is 13.7. The molecule has 0 amide bonds. The lowest BCUT2D eigenvalue weighted by Crippen LogP contribution is -2.11. The van der Waals surface area contributed by atoms with E-state index in [0.717, 1.165) is 9.92 Å². The van der Waals surface area contributed by atoms with E-state index in [4.69, 9.17) is 10.6 Å². The van der Waals surface area contributed by atoms with Gasteiger partial charge < -0.3 is 10.2 Å². The second kappa shape index (κ2) is 6.51. The van der Waals surface area contributed by atoms with Gasteiger partial charge in [0, 0.05) is 18.1 Å². The largest absolute Gasteiger partial charge is 0.377 e. The van der Waals surface area contributed by atoms with E-state index in [0.29, 0.717) is 18.2 Å². The van der Waals surface area contributed by atoms with E-state index in [1.165, 1.54) is 5.56 Å². The third-order valence-electron chi connectivity index (χ3n) is 2.48. The lowest BCUT2D eigenvalue weighted by Gasteiger charge is -2.08. The van der Waals surface area contributed by atoms with E-state index < -0.39 is 0 Å². The van der Waals surface area contributed by atoms with Crippen LogP contribution in [0.3, 0.4) is 0 Å². The number of aryl methyl sites for hydroxylation is 1. The van der Waals surface area contributed by atoms with Gasteiger partial charge in [-0.1, -0.05) is 30.0 Å². The average Bonchev–Trinajstić information content (AvgIpc) is 2.41. The van der Waals surface area contributed by atoms with Gasteiger partial charge in [-0.15, -0.1) is 0 Å². The Kier molecular flexibility index (Phi) is 4.73. The van der Waals surface area contributed by atoms with Crippen LogP contribution in [-0.4, -0.2) is 17.1 Å². The summed E-state index contributed by atoms with van der Waals surface area (Å²) in [6.07, 6.45) is 0. The van der Waals surface area contributed by atoms with Crippen molar-refractivity contribution in [2.75, 3.05) is 12.5 Å². The summed E-state index contributed by atoms with van der Waals surface area (Å²) in [5, 5.41) is 0.837. The van der Waals surface area contributed by atoms with E-state index in [2.05, 4.69) is 34.5 Å². The quantitative estimate of drug-likeness (QED) is 0.496. The number of hydrogen-bond acceptors (Lipinski definition) is 6. The zero-order valence-corrected chi connectivity index (χ0v) is 11.7. The van der Waals surface area contributed by atoms with Crippen molar-refractivity contribution in [3.8, 4) is 0 Å². The Bertz CT molecular complexity index is 562. The van der Waals surface area contributed by atoms with Crippen LogP contribution in [0.4, 0.5) is 5.82 Å². The Balaban J connectivity index is 2.29. The minimum Gasteiger partial charge on any atom is -0.377 e. The molecule has 6 heteroatoms. The fraction of sp³-hybridized carbons (Fsp3) is 0.231. The molecular weight excluding hydrogens is 260 g/mol. The third kappa shape index (κ3) is 3.66. The standard InChI is InChI=1S/C13H16N4OS/c1-9-5-3-4-6-10(9)19-13-7-11(17-14)15-12(16-13)8-18-2/h3-7H,8,14H2,1-2H3,(H,15,16,17). The van der Waals surface area contributed by atoms with Gasteiger partial charge in [-0.3, -0.25) is 0 Å². The van der Waals surface area contributed by atoms with Crippen molar-refractivity contribution in [1.29, 1.82) is 0 Å². The summed E-state index contributed by atoms with van der Waals surface area (Å²) >= 11 is 1.58. The van der Waals surface area contributed by atoms with Crippen molar-refractivity contribution in [3.05, 3.63) is 41.7 Å². The van der Waals surface area contributed by atoms with Crippen LogP contribution < -0.4 is 11.3 Å². The van der Waals surface area contributed by atoms with Gasteiger partial charge >= 0.3 is 0 Å². The summed E-state index contributed by atoms with van der Waals surface area (Å²) in [6.45, 7) is 2.43. The van der Waals surface area contributed by atoms with Gasteiger partial charge in [-0.2, -0.15) is 0 Å². The molecule has 19 heavy (non-hydrogen) atoms. The zero-order valence-electron chi connectivity index (χ0n) is 10.9. The molecule has 2 rings (SSSR count). The molecule has 0 radical (unpaired) electrons. The Morgan fingerprint density at radius 1 is 1.32 bits per heavy atom. The van der Waals surface area contributed by atoms with Gasteiger partial charge in [0.25, 0.3) is 0 Å². The van der Waals surface area contributed by atoms with Crippen LogP contribution in [0.15, 0.2) is 40.3 Å². The maximum Gasteiger partial charge on any atom is 0.157 e. The molecule has 5 nitrogen and oxygen atoms in total. The smallest absolute Gasteiger partial charge is 0.157 e. The predicted molar refractivity (Wildman–Crippen MR) is 75.9 cm³/mol. The highest BCUT2D eigenvalue weighted by Crippen LogP contribution is 2.29. The van der Waals surface area contributed by atoms with E-state index in [-0.39, 0.29) is 0 Å². The molecule has 0 saturated carbocycles. The molecule has 3 N–H and O–H groups in total. The predicted octanol–water partition coefficient (Wildman–Crippen LogP) is 2.37. The number of ether oxygens (including phenoxy) is 1. The average molecular weight is 276 g/mol. The summed E-state index contributed by atoms with van der Waals surface area (Å²) in [5.41, 5.74) is 3.76. The number of nitrogens with one attached hydrogen (secondary N) is 1. The van der Waals surface area contributed by atoms with Crippen LogP contribution in [-0.2, 0) is 11.3 Å². The van der Waals surface area contributed by atoms with Crippen LogP contribution in [0, 0.1) is 6.92 Å². The molecule has 2 aromatic rings. The molecule has 1 heterocycles. The summed E-state index contributed by atoms with van der Waals surface area (Å²) in [4.78, 5) is 9.82. The van der Waals surface area contributed by atoms with E-state index in [1.54, 1.807) is 18.9 Å². The number of nitrogens with zero attached hydrogens (tertiary/aromatic N) is 2. The molecule has 0 saturated heterocycles. The number of methoxy groups -OCH3 is 1. The van der Waals surface area contributed by atoms with Crippen LogP contribution in [0.5, 0.6) is 0 Å². The molecule has 0 bridgehead atoms. The second-order valence-corrected chi connectivity index (χ2v) is 5.01. The molecule has 0 atom stereocenters. The lowest BCUT2D eigenvalue weighted by molar-refractivity contribution is 0.177. The molecule has 100 valence electrons.